The van der Waals surface area contributed by atoms with Gasteiger partial charge in [-0.1, -0.05) is 48.0 Å². The molecule has 4 aromatic rings. The second-order valence-electron chi connectivity index (χ2n) is 8.20. The van der Waals surface area contributed by atoms with E-state index >= 15 is 0 Å². The van der Waals surface area contributed by atoms with Crippen molar-refractivity contribution < 1.29 is 39.5 Å². The molecule has 0 amide bonds. The summed E-state index contributed by atoms with van der Waals surface area (Å²) in [6.07, 6.45) is -5.08. The summed E-state index contributed by atoms with van der Waals surface area (Å²) in [5.41, 5.74) is -2.52. The Kier molecular flexibility index (Phi) is 6.90. The molecule has 4 aromatic carbocycles. The van der Waals surface area contributed by atoms with Gasteiger partial charge in [-0.2, -0.15) is 13.2 Å². The summed E-state index contributed by atoms with van der Waals surface area (Å²) in [5, 5.41) is 0. The van der Waals surface area contributed by atoms with Gasteiger partial charge in [0.1, 0.15) is 23.3 Å². The van der Waals surface area contributed by atoms with Crippen LogP contribution in [0.4, 0.5) is 39.5 Å². The maximum Gasteiger partial charge on any atom is 0.419 e. The average molecular weight is 522 g/mol. The van der Waals surface area contributed by atoms with Crippen LogP contribution in [-0.4, -0.2) is 0 Å². The van der Waals surface area contributed by atoms with Gasteiger partial charge in [-0.3, -0.25) is 0 Å². The van der Waals surface area contributed by atoms with Crippen LogP contribution in [0.2, 0.25) is 0 Å². The maximum atomic E-state index is 14.8. The fraction of sp³-hybridized carbons (Fsp3) is 0.0714. The van der Waals surface area contributed by atoms with E-state index in [1.165, 1.54) is 12.1 Å². The molecule has 0 saturated heterocycles. The van der Waals surface area contributed by atoms with Gasteiger partial charge < -0.3 is 0 Å². The van der Waals surface area contributed by atoms with Crippen molar-refractivity contribution in [3.63, 3.8) is 0 Å². The van der Waals surface area contributed by atoms with Crippen molar-refractivity contribution in [2.45, 2.75) is 13.1 Å². The fourth-order valence-electron chi connectivity index (χ4n) is 3.73. The molecule has 0 radical (unpaired) electrons. The molecule has 37 heavy (non-hydrogen) atoms. The minimum Gasteiger partial charge on any atom is -0.206 e. The molecule has 0 atom stereocenters. The van der Waals surface area contributed by atoms with Crippen molar-refractivity contribution in [3.8, 4) is 22.3 Å². The van der Waals surface area contributed by atoms with E-state index in [1.54, 1.807) is 12.1 Å². The first-order chi connectivity index (χ1) is 17.4. The summed E-state index contributed by atoms with van der Waals surface area (Å²) in [6, 6.07) is 13.0. The van der Waals surface area contributed by atoms with E-state index in [0.29, 0.717) is 29.3 Å². The van der Waals surface area contributed by atoms with Gasteiger partial charge in [-0.25, -0.2) is 26.3 Å². The fourth-order valence-corrected chi connectivity index (χ4v) is 3.73. The highest BCUT2D eigenvalue weighted by Crippen LogP contribution is 2.37. The Labute approximate surface area is 205 Å². The Morgan fingerprint density at radius 2 is 1.14 bits per heavy atom. The van der Waals surface area contributed by atoms with Crippen molar-refractivity contribution in [1.29, 1.82) is 0 Å². The summed E-state index contributed by atoms with van der Waals surface area (Å²) in [7, 11) is 0. The van der Waals surface area contributed by atoms with Crippen LogP contribution in [0.3, 0.4) is 0 Å². The van der Waals surface area contributed by atoms with Gasteiger partial charge in [0, 0.05) is 11.1 Å². The quantitative estimate of drug-likeness (QED) is 0.185. The Morgan fingerprint density at radius 3 is 1.68 bits per heavy atom. The summed E-state index contributed by atoms with van der Waals surface area (Å²) in [6.45, 7) is 1.88. The van der Waals surface area contributed by atoms with Gasteiger partial charge in [0.15, 0.2) is 11.7 Å². The molecule has 0 fully saturated rings. The number of alkyl halides is 3. The molecular weight excluding hydrogens is 507 g/mol. The topological polar surface area (TPSA) is 0 Å². The van der Waals surface area contributed by atoms with Gasteiger partial charge in [-0.05, 0) is 53.9 Å². The second-order valence-corrected chi connectivity index (χ2v) is 8.20. The largest absolute Gasteiger partial charge is 0.419 e. The molecule has 0 heterocycles. The Bertz CT molecular complexity index is 1490. The van der Waals surface area contributed by atoms with Crippen molar-refractivity contribution in [2.24, 2.45) is 0 Å². The average Bonchev–Trinajstić information content (AvgIpc) is 2.82. The number of benzene rings is 4. The molecule has 0 aromatic heterocycles. The van der Waals surface area contributed by atoms with Gasteiger partial charge in [0.25, 0.3) is 0 Å². The van der Waals surface area contributed by atoms with Crippen molar-refractivity contribution >= 4 is 11.7 Å². The summed E-state index contributed by atoms with van der Waals surface area (Å²) < 4.78 is 125. The van der Waals surface area contributed by atoms with E-state index in [4.69, 9.17) is 0 Å². The highest BCUT2D eigenvalue weighted by molar-refractivity contribution is 5.84. The SMILES string of the molecule is Cc1ccc(-c2ccc(-c3cc(F)c(/C(F)=C(\F)c4ccc(C(F)(F)F)c(F)c4)c(F)c3)c(F)c2)cc1. The number of aryl methyl sites for hydroxylation is 1. The lowest BCUT2D eigenvalue weighted by atomic mass is 9.97. The van der Waals surface area contributed by atoms with Crippen LogP contribution < -0.4 is 0 Å². The standard InChI is InChI=1S/C28H15F9/c1-14-2-4-15(5-3-14)16-6-8-19(21(29)10-16)18-12-23(31)25(24(32)13-18)27(34)26(33)17-7-9-20(22(30)11-17)28(35,36)37/h2-13H,1H3/b27-26+. The second kappa shape index (κ2) is 9.80. The Balaban J connectivity index is 1.71. The summed E-state index contributed by atoms with van der Waals surface area (Å²) in [5.74, 6) is -10.0. The van der Waals surface area contributed by atoms with Gasteiger partial charge in [0.05, 0.1) is 11.1 Å². The zero-order chi connectivity index (χ0) is 27.1. The molecular formula is C28H15F9. The highest BCUT2D eigenvalue weighted by Gasteiger charge is 2.34. The number of rotatable bonds is 4. The van der Waals surface area contributed by atoms with Crippen molar-refractivity contribution in [1.82, 2.24) is 0 Å². The minimum atomic E-state index is -5.08. The third kappa shape index (κ3) is 5.26. The third-order valence-corrected chi connectivity index (χ3v) is 5.65. The molecule has 0 saturated carbocycles. The van der Waals surface area contributed by atoms with Crippen LogP contribution in [0.1, 0.15) is 22.3 Å². The van der Waals surface area contributed by atoms with Crippen molar-refractivity contribution in [3.05, 3.63) is 118 Å². The van der Waals surface area contributed by atoms with Gasteiger partial charge in [-0.15, -0.1) is 0 Å². The first-order valence-electron chi connectivity index (χ1n) is 10.7. The molecule has 0 spiro atoms. The number of halogens is 9. The highest BCUT2D eigenvalue weighted by atomic mass is 19.4. The van der Waals surface area contributed by atoms with Crippen LogP contribution in [-0.2, 0) is 6.18 Å². The Hall–Kier alpha value is -4.01. The lowest BCUT2D eigenvalue weighted by Gasteiger charge is -2.11. The molecule has 9 heteroatoms. The molecule has 0 nitrogen and oxygen atoms in total. The zero-order valence-electron chi connectivity index (χ0n) is 18.8. The van der Waals surface area contributed by atoms with E-state index in [1.807, 2.05) is 19.1 Å². The molecule has 0 unspecified atom stereocenters. The lowest BCUT2D eigenvalue weighted by Crippen LogP contribution is -2.08. The normalized spacial score (nSPS) is 12.5. The molecule has 0 bridgehead atoms. The predicted molar refractivity (Wildman–Crippen MR) is 122 cm³/mol. The maximum absolute atomic E-state index is 14.8. The molecule has 0 aliphatic carbocycles. The molecule has 0 aliphatic heterocycles. The van der Waals surface area contributed by atoms with Crippen LogP contribution in [0.25, 0.3) is 33.9 Å². The van der Waals surface area contributed by atoms with E-state index in [9.17, 15) is 39.5 Å². The smallest absolute Gasteiger partial charge is 0.206 e. The van der Waals surface area contributed by atoms with Crippen LogP contribution in [0.5, 0.6) is 0 Å². The first-order valence-corrected chi connectivity index (χ1v) is 10.7. The van der Waals surface area contributed by atoms with E-state index in [-0.39, 0.29) is 23.3 Å². The summed E-state index contributed by atoms with van der Waals surface area (Å²) >= 11 is 0. The van der Waals surface area contributed by atoms with Crippen LogP contribution in [0.15, 0.2) is 72.8 Å². The molecule has 0 aliphatic rings. The zero-order valence-corrected chi connectivity index (χ0v) is 18.8. The van der Waals surface area contributed by atoms with E-state index < -0.39 is 57.8 Å². The summed E-state index contributed by atoms with van der Waals surface area (Å²) in [4.78, 5) is 0. The van der Waals surface area contributed by atoms with Gasteiger partial charge in [0.2, 0.25) is 0 Å². The van der Waals surface area contributed by atoms with E-state index in [0.717, 1.165) is 11.6 Å². The van der Waals surface area contributed by atoms with Crippen molar-refractivity contribution in [2.75, 3.05) is 0 Å². The molecule has 0 N–H and O–H groups in total. The molecule has 190 valence electrons. The lowest BCUT2D eigenvalue weighted by molar-refractivity contribution is -0.140. The van der Waals surface area contributed by atoms with E-state index in [2.05, 4.69) is 0 Å². The minimum absolute atomic E-state index is 0.0624. The van der Waals surface area contributed by atoms with Crippen LogP contribution in [0, 0.1) is 30.2 Å². The first kappa shape index (κ1) is 26.1. The number of hydrogen-bond donors (Lipinski definition) is 0. The van der Waals surface area contributed by atoms with Gasteiger partial charge >= 0.3 is 6.18 Å². The molecule has 4 rings (SSSR count). The monoisotopic (exact) mass is 522 g/mol. The predicted octanol–water partition coefficient (Wildman–Crippen LogP) is 9.67. The Morgan fingerprint density at radius 1 is 0.568 bits per heavy atom. The third-order valence-electron chi connectivity index (χ3n) is 5.65. The number of hydrogen-bond acceptors (Lipinski definition) is 0. The van der Waals surface area contributed by atoms with Crippen LogP contribution >= 0.6 is 0 Å².